The minimum atomic E-state index is -1.13. The van der Waals surface area contributed by atoms with Crippen LogP contribution < -0.4 is 10.6 Å². The number of hydrogen-bond donors (Lipinski definition) is 2. The van der Waals surface area contributed by atoms with Gasteiger partial charge < -0.3 is 20.5 Å². The van der Waals surface area contributed by atoms with Crippen molar-refractivity contribution in [3.63, 3.8) is 0 Å². The van der Waals surface area contributed by atoms with Crippen molar-refractivity contribution in [1.82, 2.24) is 9.97 Å². The molecule has 0 aliphatic carbocycles. The van der Waals surface area contributed by atoms with E-state index in [4.69, 9.17) is 15.6 Å². The molecule has 0 saturated carbocycles. The van der Waals surface area contributed by atoms with Crippen LogP contribution in [0.5, 0.6) is 0 Å². The number of aliphatic hydroxyl groups is 1. The van der Waals surface area contributed by atoms with E-state index < -0.39 is 18.4 Å². The van der Waals surface area contributed by atoms with Gasteiger partial charge in [-0.25, -0.2) is 9.37 Å². The standard InChI is InChI=1S/C12H19FN4O2/c1-8(18)7-19-10-3-5-17(6-9(10)13)12-15-4-2-11(14)16-12/h2,4,8-10,18H,3,5-7H2,1H3,(H2,14,15,16)/t8?,9-,10+/m0/s1. The average Bonchev–Trinajstić information content (AvgIpc) is 2.37. The van der Waals surface area contributed by atoms with Crippen LogP contribution in [0.3, 0.4) is 0 Å². The molecule has 19 heavy (non-hydrogen) atoms. The van der Waals surface area contributed by atoms with E-state index in [-0.39, 0.29) is 13.2 Å². The van der Waals surface area contributed by atoms with E-state index in [2.05, 4.69) is 9.97 Å². The van der Waals surface area contributed by atoms with Gasteiger partial charge in [0.15, 0.2) is 0 Å². The number of halogens is 1. The number of aromatic nitrogens is 2. The molecule has 2 heterocycles. The molecule has 1 fully saturated rings. The fourth-order valence-corrected chi connectivity index (χ4v) is 2.03. The van der Waals surface area contributed by atoms with Crippen LogP contribution in [0.25, 0.3) is 0 Å². The lowest BCUT2D eigenvalue weighted by Crippen LogP contribution is -2.47. The summed E-state index contributed by atoms with van der Waals surface area (Å²) in [6.07, 6.45) is -0.0978. The molecule has 3 N–H and O–H groups in total. The Morgan fingerprint density at radius 2 is 2.47 bits per heavy atom. The van der Waals surface area contributed by atoms with E-state index in [9.17, 15) is 4.39 Å². The lowest BCUT2D eigenvalue weighted by molar-refractivity contribution is -0.0458. The van der Waals surface area contributed by atoms with E-state index in [0.29, 0.717) is 24.7 Å². The van der Waals surface area contributed by atoms with Crippen LogP contribution in [0.15, 0.2) is 12.3 Å². The first-order valence-electron chi connectivity index (χ1n) is 6.33. The SMILES string of the molecule is CC(O)CO[C@@H]1CCN(c2nccc(N)n2)C[C@@H]1F. The number of hydrogen-bond acceptors (Lipinski definition) is 6. The Labute approximate surface area is 111 Å². The highest BCUT2D eigenvalue weighted by molar-refractivity contribution is 5.38. The Balaban J connectivity index is 1.92. The molecular weight excluding hydrogens is 251 g/mol. The van der Waals surface area contributed by atoms with Crippen LogP contribution in [-0.2, 0) is 4.74 Å². The minimum absolute atomic E-state index is 0.153. The van der Waals surface area contributed by atoms with E-state index in [1.165, 1.54) is 0 Å². The van der Waals surface area contributed by atoms with E-state index >= 15 is 0 Å². The van der Waals surface area contributed by atoms with Crippen LogP contribution in [0.4, 0.5) is 16.2 Å². The molecule has 0 bridgehead atoms. The van der Waals surface area contributed by atoms with Gasteiger partial charge in [-0.05, 0) is 19.4 Å². The van der Waals surface area contributed by atoms with Crippen molar-refractivity contribution in [2.75, 3.05) is 30.3 Å². The number of aliphatic hydroxyl groups excluding tert-OH is 1. The first-order chi connectivity index (χ1) is 9.06. The summed E-state index contributed by atoms with van der Waals surface area (Å²) in [6.45, 7) is 2.55. The van der Waals surface area contributed by atoms with Gasteiger partial charge in [0.25, 0.3) is 0 Å². The second kappa shape index (κ2) is 6.12. The van der Waals surface area contributed by atoms with Crippen LogP contribution in [0.1, 0.15) is 13.3 Å². The Morgan fingerprint density at radius 3 is 3.11 bits per heavy atom. The van der Waals surface area contributed by atoms with Crippen molar-refractivity contribution in [3.05, 3.63) is 12.3 Å². The maximum absolute atomic E-state index is 14.0. The monoisotopic (exact) mass is 270 g/mol. The third kappa shape index (κ3) is 3.74. The third-order valence-corrected chi connectivity index (χ3v) is 2.98. The van der Waals surface area contributed by atoms with Gasteiger partial charge in [0.1, 0.15) is 12.0 Å². The van der Waals surface area contributed by atoms with Gasteiger partial charge >= 0.3 is 0 Å². The van der Waals surface area contributed by atoms with E-state index in [1.807, 2.05) is 0 Å². The summed E-state index contributed by atoms with van der Waals surface area (Å²) < 4.78 is 19.3. The molecule has 2 rings (SSSR count). The van der Waals surface area contributed by atoms with Gasteiger partial charge in [0, 0.05) is 12.7 Å². The summed E-state index contributed by atoms with van der Waals surface area (Å²) in [5.41, 5.74) is 5.58. The van der Waals surface area contributed by atoms with Crippen molar-refractivity contribution in [3.8, 4) is 0 Å². The van der Waals surface area contributed by atoms with E-state index in [0.717, 1.165) is 0 Å². The molecule has 0 spiro atoms. The Hall–Kier alpha value is -1.47. The number of alkyl halides is 1. The van der Waals surface area contributed by atoms with Gasteiger partial charge in [-0.2, -0.15) is 4.98 Å². The van der Waals surface area contributed by atoms with Crippen molar-refractivity contribution in [2.24, 2.45) is 0 Å². The van der Waals surface area contributed by atoms with Gasteiger partial charge in [-0.15, -0.1) is 0 Å². The number of nitrogens with two attached hydrogens (primary N) is 1. The zero-order valence-corrected chi connectivity index (χ0v) is 10.9. The fraction of sp³-hybridized carbons (Fsp3) is 0.667. The summed E-state index contributed by atoms with van der Waals surface area (Å²) in [6, 6.07) is 1.59. The van der Waals surface area contributed by atoms with Crippen LogP contribution in [0.2, 0.25) is 0 Å². The zero-order valence-electron chi connectivity index (χ0n) is 10.9. The number of piperidine rings is 1. The largest absolute Gasteiger partial charge is 0.391 e. The molecule has 3 atom stereocenters. The second-order valence-electron chi connectivity index (χ2n) is 4.75. The molecule has 0 aromatic carbocycles. The highest BCUT2D eigenvalue weighted by Crippen LogP contribution is 2.21. The highest BCUT2D eigenvalue weighted by Gasteiger charge is 2.31. The van der Waals surface area contributed by atoms with Crippen molar-refractivity contribution in [2.45, 2.75) is 31.7 Å². The zero-order chi connectivity index (χ0) is 13.8. The molecule has 6 nitrogen and oxygen atoms in total. The molecule has 106 valence electrons. The molecule has 0 amide bonds. The molecule has 1 aliphatic heterocycles. The van der Waals surface area contributed by atoms with Crippen molar-refractivity contribution < 1.29 is 14.2 Å². The normalized spacial score (nSPS) is 25.3. The van der Waals surface area contributed by atoms with E-state index in [1.54, 1.807) is 24.1 Å². The summed E-state index contributed by atoms with van der Waals surface area (Å²) in [5.74, 6) is 0.810. The fourth-order valence-electron chi connectivity index (χ4n) is 2.03. The minimum Gasteiger partial charge on any atom is -0.391 e. The predicted molar refractivity (Wildman–Crippen MR) is 69.6 cm³/mol. The number of rotatable bonds is 4. The summed E-state index contributed by atoms with van der Waals surface area (Å²) in [4.78, 5) is 9.91. The summed E-state index contributed by atoms with van der Waals surface area (Å²) >= 11 is 0. The van der Waals surface area contributed by atoms with Crippen LogP contribution in [-0.4, -0.2) is 53.2 Å². The second-order valence-corrected chi connectivity index (χ2v) is 4.75. The van der Waals surface area contributed by atoms with Crippen molar-refractivity contribution >= 4 is 11.8 Å². The number of ether oxygens (including phenoxy) is 1. The van der Waals surface area contributed by atoms with Gasteiger partial charge in [0.05, 0.1) is 25.4 Å². The molecule has 0 radical (unpaired) electrons. The number of anilines is 2. The highest BCUT2D eigenvalue weighted by atomic mass is 19.1. The maximum atomic E-state index is 14.0. The first-order valence-corrected chi connectivity index (χ1v) is 6.33. The number of nitrogen functional groups attached to an aromatic ring is 1. The predicted octanol–water partition coefficient (Wildman–Crippen LogP) is 0.373. The Kier molecular flexibility index (Phi) is 4.49. The van der Waals surface area contributed by atoms with Crippen molar-refractivity contribution in [1.29, 1.82) is 0 Å². The lowest BCUT2D eigenvalue weighted by Gasteiger charge is -2.34. The molecular formula is C12H19FN4O2. The first kappa shape index (κ1) is 14.0. The molecule has 1 aromatic rings. The molecule has 7 heteroatoms. The number of nitrogens with zero attached hydrogens (tertiary/aromatic N) is 3. The van der Waals surface area contributed by atoms with Gasteiger partial charge in [0.2, 0.25) is 5.95 Å². The van der Waals surface area contributed by atoms with Gasteiger partial charge in [-0.1, -0.05) is 0 Å². The smallest absolute Gasteiger partial charge is 0.227 e. The van der Waals surface area contributed by atoms with Crippen LogP contribution >= 0.6 is 0 Å². The quantitative estimate of drug-likeness (QED) is 0.822. The molecule has 1 aromatic heterocycles. The molecule has 1 unspecified atom stereocenters. The Morgan fingerprint density at radius 1 is 1.68 bits per heavy atom. The lowest BCUT2D eigenvalue weighted by atomic mass is 10.1. The molecule has 1 aliphatic rings. The maximum Gasteiger partial charge on any atom is 0.227 e. The third-order valence-electron chi connectivity index (χ3n) is 2.98. The summed E-state index contributed by atoms with van der Waals surface area (Å²) in [7, 11) is 0. The van der Waals surface area contributed by atoms with Gasteiger partial charge in [-0.3, -0.25) is 0 Å². The summed E-state index contributed by atoms with van der Waals surface area (Å²) in [5, 5.41) is 9.14. The Bertz CT molecular complexity index is 418. The molecule has 1 saturated heterocycles. The van der Waals surface area contributed by atoms with Crippen LogP contribution in [0, 0.1) is 0 Å². The topological polar surface area (TPSA) is 84.5 Å². The average molecular weight is 270 g/mol.